The van der Waals surface area contributed by atoms with Gasteiger partial charge >= 0.3 is 0 Å². The Morgan fingerprint density at radius 1 is 0.606 bits per heavy atom. The van der Waals surface area contributed by atoms with Gasteiger partial charge < -0.3 is 23.8 Å². The summed E-state index contributed by atoms with van der Waals surface area (Å²) in [6.45, 7) is 3.81. The predicted molar refractivity (Wildman–Crippen MR) is 130 cm³/mol. The van der Waals surface area contributed by atoms with Gasteiger partial charge in [0.25, 0.3) is 0 Å². The average molecular weight is 448 g/mol. The van der Waals surface area contributed by atoms with Crippen molar-refractivity contribution in [3.63, 3.8) is 0 Å². The Labute approximate surface area is 196 Å². The second-order valence-electron chi connectivity index (χ2n) is 8.26. The summed E-state index contributed by atoms with van der Waals surface area (Å²) in [6.07, 6.45) is 2.53. The summed E-state index contributed by atoms with van der Waals surface area (Å²) < 4.78 is 23.2. The fraction of sp³-hybridized carbons (Fsp3) is 0.357. The zero-order valence-corrected chi connectivity index (χ0v) is 19.8. The van der Waals surface area contributed by atoms with E-state index in [0.717, 1.165) is 53.6 Å². The summed E-state index contributed by atoms with van der Waals surface area (Å²) in [7, 11) is 5.05. The van der Waals surface area contributed by atoms with Crippen molar-refractivity contribution in [2.75, 3.05) is 47.6 Å². The Bertz CT molecular complexity index is 878. The predicted octanol–water partition coefficient (Wildman–Crippen LogP) is 5.12. The van der Waals surface area contributed by atoms with Gasteiger partial charge in [0, 0.05) is 6.54 Å². The molecule has 0 spiro atoms. The number of hydrogen-bond donors (Lipinski definition) is 0. The van der Waals surface area contributed by atoms with Gasteiger partial charge in [0.05, 0.1) is 27.9 Å². The smallest absolute Gasteiger partial charge is 0.143 e. The van der Waals surface area contributed by atoms with Crippen LogP contribution in [0.15, 0.2) is 72.8 Å². The molecule has 4 rings (SSSR count). The van der Waals surface area contributed by atoms with Crippen molar-refractivity contribution in [2.24, 2.45) is 0 Å². The molecule has 0 radical (unpaired) electrons. The Balaban J connectivity index is 1.81. The molecule has 0 amide bonds. The van der Waals surface area contributed by atoms with Gasteiger partial charge in [-0.1, -0.05) is 36.4 Å². The van der Waals surface area contributed by atoms with Gasteiger partial charge in [0.15, 0.2) is 0 Å². The molecule has 1 aliphatic rings. The molecule has 3 aromatic rings. The molecule has 1 fully saturated rings. The summed E-state index contributed by atoms with van der Waals surface area (Å²) in [5.74, 6) is 2.44. The van der Waals surface area contributed by atoms with Crippen LogP contribution in [0.25, 0.3) is 0 Å². The quantitative estimate of drug-likeness (QED) is 0.404. The van der Waals surface area contributed by atoms with Crippen LogP contribution in [0.1, 0.15) is 29.5 Å². The highest BCUT2D eigenvalue weighted by Gasteiger charge is 2.38. The van der Waals surface area contributed by atoms with E-state index in [1.807, 2.05) is 36.4 Å². The number of hydrogen-bond acceptors (Lipinski definition) is 5. The van der Waals surface area contributed by atoms with Crippen molar-refractivity contribution in [1.82, 2.24) is 4.90 Å². The highest BCUT2D eigenvalue weighted by atomic mass is 16.5. The lowest BCUT2D eigenvalue weighted by molar-refractivity contribution is 0.00339. The minimum Gasteiger partial charge on any atom is -0.497 e. The maximum Gasteiger partial charge on any atom is 0.143 e. The molecule has 174 valence electrons. The summed E-state index contributed by atoms with van der Waals surface area (Å²) in [4.78, 5) is 2.47. The van der Waals surface area contributed by atoms with Crippen molar-refractivity contribution >= 4 is 0 Å². The van der Waals surface area contributed by atoms with Gasteiger partial charge in [-0.25, -0.2) is 0 Å². The van der Waals surface area contributed by atoms with Crippen LogP contribution in [0.4, 0.5) is 0 Å². The SMILES string of the molecule is COc1ccc(C(OCCN2CCCC2)(c2ccc(OC)cc2)c2ccc(OC)cc2)cc1. The third kappa shape index (κ3) is 5.00. The lowest BCUT2D eigenvalue weighted by atomic mass is 9.80. The molecule has 5 nitrogen and oxygen atoms in total. The molecule has 0 aliphatic carbocycles. The molecular weight excluding hydrogens is 414 g/mol. The summed E-state index contributed by atoms with van der Waals surface area (Å²) in [5.41, 5.74) is 2.34. The summed E-state index contributed by atoms with van der Waals surface area (Å²) >= 11 is 0. The lowest BCUT2D eigenvalue weighted by Gasteiger charge is -2.36. The summed E-state index contributed by atoms with van der Waals surface area (Å²) in [5, 5.41) is 0. The molecule has 1 aliphatic heterocycles. The second kappa shape index (κ2) is 10.7. The van der Waals surface area contributed by atoms with Crippen molar-refractivity contribution in [3.05, 3.63) is 89.5 Å². The second-order valence-corrected chi connectivity index (χ2v) is 8.26. The average Bonchev–Trinajstić information content (AvgIpc) is 3.41. The first-order valence-electron chi connectivity index (χ1n) is 11.5. The van der Waals surface area contributed by atoms with E-state index in [0.29, 0.717) is 6.61 Å². The van der Waals surface area contributed by atoms with Crippen LogP contribution >= 0.6 is 0 Å². The third-order valence-electron chi connectivity index (χ3n) is 6.41. The molecule has 0 unspecified atom stereocenters. The Hall–Kier alpha value is -3.02. The van der Waals surface area contributed by atoms with E-state index >= 15 is 0 Å². The van der Waals surface area contributed by atoms with Gasteiger partial charge in [-0.05, 0) is 79.0 Å². The molecule has 0 bridgehead atoms. The van der Waals surface area contributed by atoms with Crippen LogP contribution in [0.3, 0.4) is 0 Å². The normalized spacial score (nSPS) is 14.3. The maximum absolute atomic E-state index is 6.91. The molecule has 0 aromatic heterocycles. The number of methoxy groups -OCH3 is 3. The number of rotatable bonds is 10. The van der Waals surface area contributed by atoms with E-state index in [4.69, 9.17) is 18.9 Å². The van der Waals surface area contributed by atoms with Gasteiger partial charge in [0.1, 0.15) is 22.8 Å². The minimum atomic E-state index is -0.787. The molecule has 0 atom stereocenters. The lowest BCUT2D eigenvalue weighted by Crippen LogP contribution is -2.36. The topological polar surface area (TPSA) is 40.2 Å². The summed E-state index contributed by atoms with van der Waals surface area (Å²) in [6, 6.07) is 24.4. The molecule has 33 heavy (non-hydrogen) atoms. The van der Waals surface area contributed by atoms with E-state index < -0.39 is 5.60 Å². The first-order valence-corrected chi connectivity index (χ1v) is 11.5. The molecular formula is C28H33NO4. The Morgan fingerprint density at radius 2 is 0.970 bits per heavy atom. The molecule has 3 aromatic carbocycles. The van der Waals surface area contributed by atoms with Gasteiger partial charge in [0.2, 0.25) is 0 Å². The van der Waals surface area contributed by atoms with E-state index in [2.05, 4.69) is 41.3 Å². The third-order valence-corrected chi connectivity index (χ3v) is 6.41. The monoisotopic (exact) mass is 447 g/mol. The van der Waals surface area contributed by atoms with Crippen molar-refractivity contribution in [3.8, 4) is 17.2 Å². The van der Waals surface area contributed by atoms with Crippen molar-refractivity contribution in [2.45, 2.75) is 18.4 Å². The molecule has 0 saturated carbocycles. The molecule has 1 heterocycles. The van der Waals surface area contributed by atoms with Gasteiger partial charge in [-0.15, -0.1) is 0 Å². The van der Waals surface area contributed by atoms with E-state index in [-0.39, 0.29) is 0 Å². The first kappa shape index (κ1) is 23.1. The number of benzene rings is 3. The highest BCUT2D eigenvalue weighted by Crippen LogP contribution is 2.42. The van der Waals surface area contributed by atoms with Crippen LogP contribution in [0.5, 0.6) is 17.2 Å². The molecule has 0 N–H and O–H groups in total. The Kier molecular flexibility index (Phi) is 7.53. The highest BCUT2D eigenvalue weighted by molar-refractivity contribution is 5.50. The van der Waals surface area contributed by atoms with Gasteiger partial charge in [-0.3, -0.25) is 0 Å². The zero-order valence-electron chi connectivity index (χ0n) is 19.8. The maximum atomic E-state index is 6.91. The van der Waals surface area contributed by atoms with Crippen LogP contribution in [-0.2, 0) is 10.3 Å². The standard InChI is InChI=1S/C28H33NO4/c1-30-25-12-6-22(7-13-25)28(23-8-14-26(31-2)15-9-23,24-10-16-27(32-3)17-11-24)33-21-20-29-18-4-5-19-29/h6-17H,4-5,18-21H2,1-3H3. The van der Waals surface area contributed by atoms with Crippen LogP contribution in [0.2, 0.25) is 0 Å². The van der Waals surface area contributed by atoms with Crippen molar-refractivity contribution in [1.29, 1.82) is 0 Å². The minimum absolute atomic E-state index is 0.615. The molecule has 5 heteroatoms. The fourth-order valence-corrected chi connectivity index (χ4v) is 4.56. The number of nitrogens with zero attached hydrogens (tertiary/aromatic N) is 1. The van der Waals surface area contributed by atoms with Crippen LogP contribution in [0, 0.1) is 0 Å². The number of ether oxygens (including phenoxy) is 4. The fourth-order valence-electron chi connectivity index (χ4n) is 4.56. The largest absolute Gasteiger partial charge is 0.497 e. The molecule has 1 saturated heterocycles. The van der Waals surface area contributed by atoms with E-state index in [1.54, 1.807) is 21.3 Å². The van der Waals surface area contributed by atoms with Crippen LogP contribution < -0.4 is 14.2 Å². The van der Waals surface area contributed by atoms with E-state index in [9.17, 15) is 0 Å². The van der Waals surface area contributed by atoms with Crippen LogP contribution in [-0.4, -0.2) is 52.5 Å². The number of likely N-dealkylation sites (tertiary alicyclic amines) is 1. The zero-order chi connectivity index (χ0) is 23.1. The first-order chi connectivity index (χ1) is 16.2. The van der Waals surface area contributed by atoms with Crippen molar-refractivity contribution < 1.29 is 18.9 Å². The van der Waals surface area contributed by atoms with E-state index in [1.165, 1.54) is 12.8 Å². The Morgan fingerprint density at radius 3 is 1.30 bits per heavy atom. The van der Waals surface area contributed by atoms with Gasteiger partial charge in [-0.2, -0.15) is 0 Å².